The number of aliphatic hydroxyl groups is 1. The molecule has 3 heteroatoms. The van der Waals surface area contributed by atoms with Crippen LogP contribution in [0.1, 0.15) is 37.9 Å². The van der Waals surface area contributed by atoms with E-state index in [1.165, 1.54) is 16.8 Å². The number of benzene rings is 1. The van der Waals surface area contributed by atoms with E-state index in [0.717, 1.165) is 26.1 Å². The van der Waals surface area contributed by atoms with Crippen LogP contribution < -0.4 is 10.2 Å². The molecule has 0 saturated carbocycles. The molecule has 1 heterocycles. The zero-order valence-corrected chi connectivity index (χ0v) is 12.3. The number of rotatable bonds is 6. The Labute approximate surface area is 116 Å². The summed E-state index contributed by atoms with van der Waals surface area (Å²) >= 11 is 0. The summed E-state index contributed by atoms with van der Waals surface area (Å²) in [5.41, 5.74) is 4.18. The maximum Gasteiger partial charge on any atom is 0.0473 e. The van der Waals surface area contributed by atoms with Gasteiger partial charge in [-0.2, -0.15) is 0 Å². The molecule has 0 radical (unpaired) electrons. The van der Waals surface area contributed by atoms with E-state index in [4.69, 9.17) is 0 Å². The molecule has 0 bridgehead atoms. The Bertz CT molecular complexity index is 419. The predicted molar refractivity (Wildman–Crippen MR) is 80.7 cm³/mol. The molecule has 1 aliphatic heterocycles. The van der Waals surface area contributed by atoms with Crippen LogP contribution in [0.5, 0.6) is 0 Å². The van der Waals surface area contributed by atoms with E-state index in [2.05, 4.69) is 49.2 Å². The van der Waals surface area contributed by atoms with Gasteiger partial charge < -0.3 is 15.3 Å². The standard InChI is InChI=1S/C16H26N2O/c1-4-17-13(3)14-5-6-16-15(9-14)7-8-18(16)10-12(2)11-19/h5-6,9,12-13,17,19H,4,7-8,10-11H2,1-3H3. The van der Waals surface area contributed by atoms with E-state index >= 15 is 0 Å². The summed E-state index contributed by atoms with van der Waals surface area (Å²) in [6.07, 6.45) is 1.13. The molecule has 3 nitrogen and oxygen atoms in total. The molecule has 1 aromatic carbocycles. The zero-order valence-electron chi connectivity index (χ0n) is 12.3. The monoisotopic (exact) mass is 262 g/mol. The second kappa shape index (κ2) is 6.40. The summed E-state index contributed by atoms with van der Waals surface area (Å²) in [5, 5.41) is 12.6. The molecular weight excluding hydrogens is 236 g/mol. The van der Waals surface area contributed by atoms with Crippen molar-refractivity contribution >= 4 is 5.69 Å². The van der Waals surface area contributed by atoms with Crippen LogP contribution in [0.2, 0.25) is 0 Å². The van der Waals surface area contributed by atoms with Gasteiger partial charge in [-0.15, -0.1) is 0 Å². The lowest BCUT2D eigenvalue weighted by Crippen LogP contribution is -2.28. The highest BCUT2D eigenvalue weighted by atomic mass is 16.3. The molecule has 2 N–H and O–H groups in total. The van der Waals surface area contributed by atoms with Crippen molar-refractivity contribution in [3.63, 3.8) is 0 Å². The minimum Gasteiger partial charge on any atom is -0.396 e. The van der Waals surface area contributed by atoms with Crippen molar-refractivity contribution in [3.8, 4) is 0 Å². The van der Waals surface area contributed by atoms with Gasteiger partial charge in [-0.3, -0.25) is 0 Å². The number of fused-ring (bicyclic) bond motifs is 1. The number of aliphatic hydroxyl groups excluding tert-OH is 1. The smallest absolute Gasteiger partial charge is 0.0473 e. The molecule has 2 rings (SSSR count). The summed E-state index contributed by atoms with van der Waals surface area (Å²) in [6.45, 7) is 9.75. The Kier molecular flexibility index (Phi) is 4.83. The Morgan fingerprint density at radius 2 is 2.16 bits per heavy atom. The lowest BCUT2D eigenvalue weighted by molar-refractivity contribution is 0.239. The van der Waals surface area contributed by atoms with Gasteiger partial charge in [0.25, 0.3) is 0 Å². The van der Waals surface area contributed by atoms with Crippen LogP contribution in [-0.2, 0) is 6.42 Å². The Balaban J connectivity index is 2.11. The number of hydrogen-bond acceptors (Lipinski definition) is 3. The predicted octanol–water partition coefficient (Wildman–Crippen LogP) is 2.35. The third-order valence-corrected chi connectivity index (χ3v) is 3.95. The Hall–Kier alpha value is -1.06. The molecular formula is C16H26N2O. The topological polar surface area (TPSA) is 35.5 Å². The Morgan fingerprint density at radius 3 is 2.84 bits per heavy atom. The van der Waals surface area contributed by atoms with Gasteiger partial charge in [0.15, 0.2) is 0 Å². The van der Waals surface area contributed by atoms with Gasteiger partial charge in [-0.25, -0.2) is 0 Å². The fourth-order valence-electron chi connectivity index (χ4n) is 2.81. The maximum atomic E-state index is 9.18. The average molecular weight is 262 g/mol. The summed E-state index contributed by atoms with van der Waals surface area (Å²) in [4.78, 5) is 2.40. The molecule has 0 aliphatic carbocycles. The van der Waals surface area contributed by atoms with Crippen LogP contribution in [-0.4, -0.2) is 31.3 Å². The van der Waals surface area contributed by atoms with Crippen molar-refractivity contribution in [1.29, 1.82) is 0 Å². The average Bonchev–Trinajstić information content (AvgIpc) is 2.81. The summed E-state index contributed by atoms with van der Waals surface area (Å²) < 4.78 is 0. The molecule has 1 aliphatic rings. The second-order valence-electron chi connectivity index (χ2n) is 5.65. The second-order valence-corrected chi connectivity index (χ2v) is 5.65. The van der Waals surface area contributed by atoms with Gasteiger partial charge in [-0.05, 0) is 43.0 Å². The van der Waals surface area contributed by atoms with E-state index in [1.807, 2.05) is 0 Å². The van der Waals surface area contributed by atoms with Gasteiger partial charge in [0.1, 0.15) is 0 Å². The van der Waals surface area contributed by atoms with E-state index in [0.29, 0.717) is 12.0 Å². The molecule has 2 unspecified atom stereocenters. The molecule has 0 saturated heterocycles. The fourth-order valence-corrected chi connectivity index (χ4v) is 2.81. The van der Waals surface area contributed by atoms with Gasteiger partial charge in [0.2, 0.25) is 0 Å². The first-order chi connectivity index (χ1) is 9.15. The van der Waals surface area contributed by atoms with Crippen molar-refractivity contribution < 1.29 is 5.11 Å². The number of anilines is 1. The molecule has 2 atom stereocenters. The van der Waals surface area contributed by atoms with Gasteiger partial charge in [-0.1, -0.05) is 26.0 Å². The normalized spacial score (nSPS) is 17.4. The highest BCUT2D eigenvalue weighted by Gasteiger charge is 2.21. The van der Waals surface area contributed by atoms with Crippen molar-refractivity contribution in [1.82, 2.24) is 5.32 Å². The largest absolute Gasteiger partial charge is 0.396 e. The molecule has 106 valence electrons. The number of hydrogen-bond donors (Lipinski definition) is 2. The number of nitrogens with one attached hydrogen (secondary N) is 1. The lowest BCUT2D eigenvalue weighted by Gasteiger charge is -2.23. The van der Waals surface area contributed by atoms with Crippen molar-refractivity contribution in [2.24, 2.45) is 5.92 Å². The quantitative estimate of drug-likeness (QED) is 0.826. The van der Waals surface area contributed by atoms with Crippen LogP contribution in [0.3, 0.4) is 0 Å². The molecule has 0 aromatic heterocycles. The molecule has 19 heavy (non-hydrogen) atoms. The van der Waals surface area contributed by atoms with Crippen LogP contribution in [0, 0.1) is 5.92 Å². The highest BCUT2D eigenvalue weighted by molar-refractivity contribution is 5.59. The highest BCUT2D eigenvalue weighted by Crippen LogP contribution is 2.31. The molecule has 0 amide bonds. The molecule has 0 fully saturated rings. The summed E-state index contributed by atoms with van der Waals surface area (Å²) in [6, 6.07) is 7.23. The first kappa shape index (κ1) is 14.4. The number of nitrogens with zero attached hydrogens (tertiary/aromatic N) is 1. The SMILES string of the molecule is CCNC(C)c1ccc2c(c1)CCN2CC(C)CO. The first-order valence-electron chi connectivity index (χ1n) is 7.37. The van der Waals surface area contributed by atoms with Crippen LogP contribution >= 0.6 is 0 Å². The lowest BCUT2D eigenvalue weighted by atomic mass is 10.0. The van der Waals surface area contributed by atoms with Gasteiger partial charge in [0, 0.05) is 31.4 Å². The van der Waals surface area contributed by atoms with Crippen LogP contribution in [0.15, 0.2) is 18.2 Å². The third-order valence-electron chi connectivity index (χ3n) is 3.95. The fraction of sp³-hybridized carbons (Fsp3) is 0.625. The molecule has 0 spiro atoms. The Morgan fingerprint density at radius 1 is 1.37 bits per heavy atom. The first-order valence-corrected chi connectivity index (χ1v) is 7.37. The summed E-state index contributed by atoms with van der Waals surface area (Å²) in [5.74, 6) is 0.339. The van der Waals surface area contributed by atoms with E-state index < -0.39 is 0 Å². The van der Waals surface area contributed by atoms with Crippen LogP contribution in [0.25, 0.3) is 0 Å². The maximum absolute atomic E-state index is 9.18. The van der Waals surface area contributed by atoms with Gasteiger partial charge >= 0.3 is 0 Å². The molecule has 1 aromatic rings. The van der Waals surface area contributed by atoms with Crippen molar-refractivity contribution in [3.05, 3.63) is 29.3 Å². The van der Waals surface area contributed by atoms with Gasteiger partial charge in [0.05, 0.1) is 0 Å². The van der Waals surface area contributed by atoms with E-state index in [-0.39, 0.29) is 6.61 Å². The van der Waals surface area contributed by atoms with Crippen LogP contribution in [0.4, 0.5) is 5.69 Å². The van der Waals surface area contributed by atoms with E-state index in [1.54, 1.807) is 0 Å². The van der Waals surface area contributed by atoms with Crippen molar-refractivity contribution in [2.45, 2.75) is 33.2 Å². The van der Waals surface area contributed by atoms with E-state index in [9.17, 15) is 5.11 Å². The summed E-state index contributed by atoms with van der Waals surface area (Å²) in [7, 11) is 0. The minimum absolute atomic E-state index is 0.265. The minimum atomic E-state index is 0.265. The third kappa shape index (κ3) is 3.28. The van der Waals surface area contributed by atoms with Crippen molar-refractivity contribution in [2.75, 3.05) is 31.1 Å². The zero-order chi connectivity index (χ0) is 13.8.